The van der Waals surface area contributed by atoms with Crippen molar-refractivity contribution in [1.82, 2.24) is 15.1 Å². The molecule has 1 aromatic rings. The van der Waals surface area contributed by atoms with E-state index in [4.69, 9.17) is 0 Å². The Balaban J connectivity index is 2.23. The maximum Gasteiger partial charge on any atom is 0.0762 e. The molecule has 0 aromatic carbocycles. The van der Waals surface area contributed by atoms with Gasteiger partial charge in [0, 0.05) is 25.0 Å². The van der Waals surface area contributed by atoms with E-state index in [1.807, 2.05) is 16.4 Å². The molecule has 0 saturated carbocycles. The molecule has 0 amide bonds. The van der Waals surface area contributed by atoms with Crippen LogP contribution in [0.2, 0.25) is 0 Å². The highest BCUT2D eigenvalue weighted by atomic mass is 32.2. The van der Waals surface area contributed by atoms with Crippen molar-refractivity contribution >= 4 is 11.8 Å². The van der Waals surface area contributed by atoms with E-state index in [0.29, 0.717) is 0 Å². The summed E-state index contributed by atoms with van der Waals surface area (Å²) in [7, 11) is 0. The molecule has 4 heteroatoms. The Hall–Kier alpha value is -0.480. The minimum absolute atomic E-state index is 0.891. The lowest BCUT2D eigenvalue weighted by atomic mass is 10.4. The molecule has 0 radical (unpaired) electrons. The van der Waals surface area contributed by atoms with Crippen LogP contribution in [0.15, 0.2) is 12.3 Å². The van der Waals surface area contributed by atoms with Gasteiger partial charge in [-0.1, -0.05) is 13.8 Å². The van der Waals surface area contributed by atoms with Crippen LogP contribution < -0.4 is 5.32 Å². The molecule has 0 aliphatic rings. The molecule has 0 fully saturated rings. The van der Waals surface area contributed by atoms with Gasteiger partial charge in [0.05, 0.1) is 5.69 Å². The number of aromatic nitrogens is 2. The van der Waals surface area contributed by atoms with Crippen LogP contribution in [0.5, 0.6) is 0 Å². The van der Waals surface area contributed by atoms with Crippen LogP contribution in [0.1, 0.15) is 26.0 Å². The van der Waals surface area contributed by atoms with E-state index in [0.717, 1.165) is 31.1 Å². The number of hydrogen-bond donors (Lipinski definition) is 1. The molecule has 0 atom stereocenters. The molecule has 0 saturated heterocycles. The van der Waals surface area contributed by atoms with E-state index in [1.165, 1.54) is 12.2 Å². The van der Waals surface area contributed by atoms with Crippen LogP contribution in [0.3, 0.4) is 0 Å². The molecule has 1 aromatic heterocycles. The van der Waals surface area contributed by atoms with Gasteiger partial charge >= 0.3 is 0 Å². The minimum atomic E-state index is 0.891. The fraction of sp³-hybridized carbons (Fsp3) is 0.727. The molecule has 0 spiro atoms. The lowest BCUT2D eigenvalue weighted by Crippen LogP contribution is -2.14. The van der Waals surface area contributed by atoms with E-state index in [9.17, 15) is 0 Å². The Labute approximate surface area is 96.6 Å². The molecular weight excluding hydrogens is 206 g/mol. The third kappa shape index (κ3) is 5.23. The van der Waals surface area contributed by atoms with Gasteiger partial charge in [-0.2, -0.15) is 16.9 Å². The Morgan fingerprint density at radius 1 is 1.47 bits per heavy atom. The highest BCUT2D eigenvalue weighted by Crippen LogP contribution is 2.01. The molecule has 0 bridgehead atoms. The van der Waals surface area contributed by atoms with E-state index in [-0.39, 0.29) is 0 Å². The van der Waals surface area contributed by atoms with Gasteiger partial charge in [0.15, 0.2) is 0 Å². The highest BCUT2D eigenvalue weighted by molar-refractivity contribution is 7.99. The summed E-state index contributed by atoms with van der Waals surface area (Å²) in [5.41, 5.74) is 1.14. The van der Waals surface area contributed by atoms with Gasteiger partial charge in [0.1, 0.15) is 0 Å². The van der Waals surface area contributed by atoms with E-state index < -0.39 is 0 Å². The Bertz CT molecular complexity index is 236. The fourth-order valence-corrected chi connectivity index (χ4v) is 1.92. The first-order chi connectivity index (χ1) is 7.36. The second-order valence-corrected chi connectivity index (χ2v) is 4.84. The zero-order valence-corrected chi connectivity index (χ0v) is 10.5. The van der Waals surface area contributed by atoms with Crippen LogP contribution in [-0.4, -0.2) is 27.8 Å². The van der Waals surface area contributed by atoms with E-state index in [1.54, 1.807) is 0 Å². The monoisotopic (exact) mass is 227 g/mol. The third-order valence-electron chi connectivity index (χ3n) is 2.10. The van der Waals surface area contributed by atoms with Crippen molar-refractivity contribution in [1.29, 1.82) is 0 Å². The van der Waals surface area contributed by atoms with Gasteiger partial charge in [0.25, 0.3) is 0 Å². The van der Waals surface area contributed by atoms with E-state index >= 15 is 0 Å². The van der Waals surface area contributed by atoms with Crippen LogP contribution in [0, 0.1) is 0 Å². The van der Waals surface area contributed by atoms with Gasteiger partial charge in [-0.05, 0) is 24.8 Å². The van der Waals surface area contributed by atoms with Crippen molar-refractivity contribution in [2.45, 2.75) is 33.4 Å². The quantitative estimate of drug-likeness (QED) is 0.690. The van der Waals surface area contributed by atoms with Gasteiger partial charge in [-0.25, -0.2) is 0 Å². The summed E-state index contributed by atoms with van der Waals surface area (Å²) in [6, 6.07) is 2.10. The molecule has 15 heavy (non-hydrogen) atoms. The molecule has 0 unspecified atom stereocenters. The summed E-state index contributed by atoms with van der Waals surface area (Å²) < 4.78 is 2.03. The molecule has 0 aliphatic carbocycles. The van der Waals surface area contributed by atoms with Crippen molar-refractivity contribution in [3.05, 3.63) is 18.0 Å². The summed E-state index contributed by atoms with van der Waals surface area (Å²) in [6.45, 7) is 7.34. The zero-order valence-electron chi connectivity index (χ0n) is 9.70. The van der Waals surface area contributed by atoms with Crippen molar-refractivity contribution in [2.24, 2.45) is 0 Å². The molecule has 1 rings (SSSR count). The van der Waals surface area contributed by atoms with Crippen molar-refractivity contribution in [3.63, 3.8) is 0 Å². The summed E-state index contributed by atoms with van der Waals surface area (Å²) in [5, 5.41) is 7.85. The second kappa shape index (κ2) is 7.77. The Morgan fingerprint density at radius 2 is 2.33 bits per heavy atom. The number of rotatable bonds is 8. The number of thioether (sulfide) groups is 1. The maximum absolute atomic E-state index is 4.49. The van der Waals surface area contributed by atoms with Crippen molar-refractivity contribution < 1.29 is 0 Å². The van der Waals surface area contributed by atoms with Crippen LogP contribution in [0.4, 0.5) is 0 Å². The predicted molar refractivity (Wildman–Crippen MR) is 67.2 cm³/mol. The number of nitrogens with one attached hydrogen (secondary N) is 1. The lowest BCUT2D eigenvalue weighted by Gasteiger charge is -2.01. The summed E-state index contributed by atoms with van der Waals surface area (Å²) in [6.07, 6.45) is 3.24. The number of nitrogens with zero attached hydrogens (tertiary/aromatic N) is 2. The summed E-state index contributed by atoms with van der Waals surface area (Å²) in [5.74, 6) is 2.34. The molecular formula is C11H21N3S. The van der Waals surface area contributed by atoms with Gasteiger partial charge < -0.3 is 5.32 Å². The Kier molecular flexibility index (Phi) is 6.52. The first-order valence-electron chi connectivity index (χ1n) is 5.67. The number of hydrogen-bond acceptors (Lipinski definition) is 3. The van der Waals surface area contributed by atoms with Crippen molar-refractivity contribution in [2.75, 3.05) is 18.1 Å². The fourth-order valence-electron chi connectivity index (χ4n) is 1.32. The van der Waals surface area contributed by atoms with E-state index in [2.05, 4.69) is 36.5 Å². The molecule has 0 aliphatic heterocycles. The lowest BCUT2D eigenvalue weighted by molar-refractivity contribution is 0.620. The number of aryl methyl sites for hydroxylation is 1. The second-order valence-electron chi connectivity index (χ2n) is 3.44. The van der Waals surface area contributed by atoms with Crippen LogP contribution >= 0.6 is 11.8 Å². The molecule has 1 heterocycles. The van der Waals surface area contributed by atoms with Crippen molar-refractivity contribution in [3.8, 4) is 0 Å². The van der Waals surface area contributed by atoms with Crippen LogP contribution in [0.25, 0.3) is 0 Å². The standard InChI is InChI=1S/C11H21N3S/c1-3-6-12-10-11-5-7-14(13-11)8-9-15-4-2/h5,7,12H,3-4,6,8-10H2,1-2H3. The zero-order chi connectivity index (χ0) is 10.9. The molecule has 86 valence electrons. The smallest absolute Gasteiger partial charge is 0.0762 e. The maximum atomic E-state index is 4.49. The average molecular weight is 227 g/mol. The first kappa shape index (κ1) is 12.6. The minimum Gasteiger partial charge on any atom is -0.311 e. The molecule has 3 nitrogen and oxygen atoms in total. The Morgan fingerprint density at radius 3 is 3.07 bits per heavy atom. The van der Waals surface area contributed by atoms with Crippen LogP contribution in [-0.2, 0) is 13.1 Å². The summed E-state index contributed by atoms with van der Waals surface area (Å²) in [4.78, 5) is 0. The molecule has 1 N–H and O–H groups in total. The van der Waals surface area contributed by atoms with Gasteiger partial charge in [-0.3, -0.25) is 4.68 Å². The topological polar surface area (TPSA) is 29.9 Å². The summed E-state index contributed by atoms with van der Waals surface area (Å²) >= 11 is 1.96. The van der Waals surface area contributed by atoms with Gasteiger partial charge in [-0.15, -0.1) is 0 Å². The largest absolute Gasteiger partial charge is 0.311 e. The highest BCUT2D eigenvalue weighted by Gasteiger charge is 1.97. The average Bonchev–Trinajstić information content (AvgIpc) is 2.67. The normalized spacial score (nSPS) is 10.8. The van der Waals surface area contributed by atoms with Gasteiger partial charge in [0.2, 0.25) is 0 Å². The third-order valence-corrected chi connectivity index (χ3v) is 2.98. The predicted octanol–water partition coefficient (Wildman–Crippen LogP) is 2.14. The SMILES string of the molecule is CCCNCc1ccn(CCSCC)n1. The first-order valence-corrected chi connectivity index (χ1v) is 6.83.